The highest BCUT2D eigenvalue weighted by Crippen LogP contribution is 2.17. The van der Waals surface area contributed by atoms with Gasteiger partial charge in [0.1, 0.15) is 18.1 Å². The summed E-state index contributed by atoms with van der Waals surface area (Å²) in [5.74, 6) is 1.75. The smallest absolute Gasteiger partial charge is 0.119 e. The van der Waals surface area contributed by atoms with Gasteiger partial charge < -0.3 is 15.2 Å². The van der Waals surface area contributed by atoms with E-state index in [1.807, 2.05) is 37.3 Å². The van der Waals surface area contributed by atoms with Gasteiger partial charge in [-0.15, -0.1) is 0 Å². The summed E-state index contributed by atoms with van der Waals surface area (Å²) in [5, 5.41) is 0. The first-order valence-corrected chi connectivity index (χ1v) is 8.64. The van der Waals surface area contributed by atoms with Crippen molar-refractivity contribution in [2.75, 3.05) is 32.8 Å². The summed E-state index contributed by atoms with van der Waals surface area (Å²) in [6, 6.07) is 18.3. The van der Waals surface area contributed by atoms with Gasteiger partial charge in [-0.2, -0.15) is 0 Å². The van der Waals surface area contributed by atoms with Crippen LogP contribution in [0.3, 0.4) is 0 Å². The summed E-state index contributed by atoms with van der Waals surface area (Å²) in [6.07, 6.45) is 0.996. The van der Waals surface area contributed by atoms with Crippen LogP contribution in [0.5, 0.6) is 11.5 Å². The highest BCUT2D eigenvalue weighted by atomic mass is 16.5. The van der Waals surface area contributed by atoms with E-state index >= 15 is 0 Å². The number of benzene rings is 2. The van der Waals surface area contributed by atoms with Gasteiger partial charge in [-0.25, -0.2) is 0 Å². The fourth-order valence-corrected chi connectivity index (χ4v) is 2.52. The summed E-state index contributed by atoms with van der Waals surface area (Å²) in [6.45, 7) is 6.81. The summed E-state index contributed by atoms with van der Waals surface area (Å²) >= 11 is 0. The lowest BCUT2D eigenvalue weighted by molar-refractivity contribution is 0.201. The van der Waals surface area contributed by atoms with Crippen LogP contribution in [-0.4, -0.2) is 37.7 Å². The van der Waals surface area contributed by atoms with E-state index in [1.54, 1.807) is 0 Å². The molecule has 0 aliphatic rings. The van der Waals surface area contributed by atoms with Crippen molar-refractivity contribution >= 4 is 0 Å². The third-order valence-corrected chi connectivity index (χ3v) is 3.74. The van der Waals surface area contributed by atoms with Gasteiger partial charge in [0.25, 0.3) is 0 Å². The van der Waals surface area contributed by atoms with E-state index in [9.17, 15) is 0 Å². The van der Waals surface area contributed by atoms with Crippen LogP contribution in [0.25, 0.3) is 0 Å². The quantitative estimate of drug-likeness (QED) is 0.687. The van der Waals surface area contributed by atoms with Gasteiger partial charge in [-0.3, -0.25) is 4.90 Å². The first-order chi connectivity index (χ1) is 11.8. The zero-order chi connectivity index (χ0) is 17.0. The molecular weight excluding hydrogens is 300 g/mol. The van der Waals surface area contributed by atoms with E-state index < -0.39 is 0 Å². The molecule has 0 aliphatic carbocycles. The maximum absolute atomic E-state index is 5.86. The molecule has 4 heteroatoms. The molecule has 130 valence electrons. The minimum atomic E-state index is 0.658. The lowest BCUT2D eigenvalue weighted by Gasteiger charge is -2.22. The summed E-state index contributed by atoms with van der Waals surface area (Å²) in [7, 11) is 0. The SMILES string of the molecule is CCOc1ccc(OCCN(CCCN)Cc2ccccc2)cc1. The minimum Gasteiger partial charge on any atom is -0.494 e. The van der Waals surface area contributed by atoms with E-state index in [1.165, 1.54) is 5.56 Å². The Labute approximate surface area is 145 Å². The van der Waals surface area contributed by atoms with Crippen molar-refractivity contribution in [1.82, 2.24) is 4.90 Å². The van der Waals surface area contributed by atoms with Crippen molar-refractivity contribution in [2.24, 2.45) is 5.73 Å². The first kappa shape index (κ1) is 18.3. The predicted octanol–water partition coefficient (Wildman–Crippen LogP) is 3.32. The molecule has 0 saturated heterocycles. The number of hydrogen-bond donors (Lipinski definition) is 1. The third-order valence-electron chi connectivity index (χ3n) is 3.74. The predicted molar refractivity (Wildman–Crippen MR) is 98.5 cm³/mol. The van der Waals surface area contributed by atoms with Crippen molar-refractivity contribution < 1.29 is 9.47 Å². The molecule has 2 N–H and O–H groups in total. The maximum Gasteiger partial charge on any atom is 0.119 e. The molecule has 0 spiro atoms. The Kier molecular flexibility index (Phi) is 8.15. The second-order valence-corrected chi connectivity index (χ2v) is 5.66. The molecule has 0 fully saturated rings. The van der Waals surface area contributed by atoms with Gasteiger partial charge in [0.15, 0.2) is 0 Å². The van der Waals surface area contributed by atoms with E-state index in [0.717, 1.165) is 37.6 Å². The zero-order valence-corrected chi connectivity index (χ0v) is 14.5. The largest absolute Gasteiger partial charge is 0.494 e. The Hall–Kier alpha value is -2.04. The van der Waals surface area contributed by atoms with Crippen molar-refractivity contribution in [3.8, 4) is 11.5 Å². The molecule has 0 heterocycles. The number of ether oxygens (including phenoxy) is 2. The molecule has 2 rings (SSSR count). The number of nitrogens with two attached hydrogens (primary N) is 1. The van der Waals surface area contributed by atoms with Crippen molar-refractivity contribution in [3.05, 3.63) is 60.2 Å². The highest BCUT2D eigenvalue weighted by Gasteiger charge is 2.06. The van der Waals surface area contributed by atoms with Crippen LogP contribution in [0, 0.1) is 0 Å². The van der Waals surface area contributed by atoms with Gasteiger partial charge >= 0.3 is 0 Å². The summed E-state index contributed by atoms with van der Waals surface area (Å²) < 4.78 is 11.3. The highest BCUT2D eigenvalue weighted by molar-refractivity contribution is 5.31. The normalized spacial score (nSPS) is 10.8. The Morgan fingerprint density at radius 2 is 1.54 bits per heavy atom. The van der Waals surface area contributed by atoms with E-state index in [4.69, 9.17) is 15.2 Å². The van der Waals surface area contributed by atoms with Crippen LogP contribution in [0.2, 0.25) is 0 Å². The van der Waals surface area contributed by atoms with Crippen molar-refractivity contribution in [2.45, 2.75) is 19.9 Å². The molecule has 0 unspecified atom stereocenters. The molecule has 2 aromatic carbocycles. The fraction of sp³-hybridized carbons (Fsp3) is 0.400. The molecular formula is C20H28N2O2. The molecule has 0 saturated carbocycles. The second-order valence-electron chi connectivity index (χ2n) is 5.66. The Morgan fingerprint density at radius 3 is 2.17 bits per heavy atom. The van der Waals surface area contributed by atoms with Crippen LogP contribution in [0.4, 0.5) is 0 Å². The number of rotatable bonds is 11. The van der Waals surface area contributed by atoms with Crippen molar-refractivity contribution in [3.63, 3.8) is 0 Å². The van der Waals surface area contributed by atoms with Crippen LogP contribution >= 0.6 is 0 Å². The summed E-state index contributed by atoms with van der Waals surface area (Å²) in [4.78, 5) is 2.39. The molecule has 0 bridgehead atoms. The Balaban J connectivity index is 1.81. The van der Waals surface area contributed by atoms with E-state index in [-0.39, 0.29) is 0 Å². The average Bonchev–Trinajstić information content (AvgIpc) is 2.62. The minimum absolute atomic E-state index is 0.658. The topological polar surface area (TPSA) is 47.7 Å². The standard InChI is InChI=1S/C20H28N2O2/c1-2-23-19-9-11-20(12-10-19)24-16-15-22(14-6-13-21)17-18-7-4-3-5-8-18/h3-5,7-12H,2,6,13-17,21H2,1H3. The molecule has 24 heavy (non-hydrogen) atoms. The van der Waals surface area contributed by atoms with Gasteiger partial charge in [-0.1, -0.05) is 30.3 Å². The molecule has 0 radical (unpaired) electrons. The van der Waals surface area contributed by atoms with Crippen molar-refractivity contribution in [1.29, 1.82) is 0 Å². The van der Waals surface area contributed by atoms with E-state index in [2.05, 4.69) is 29.2 Å². The number of nitrogens with zero attached hydrogens (tertiary/aromatic N) is 1. The lowest BCUT2D eigenvalue weighted by atomic mass is 10.2. The average molecular weight is 328 g/mol. The van der Waals surface area contributed by atoms with Gasteiger partial charge in [0, 0.05) is 13.1 Å². The van der Waals surface area contributed by atoms with Gasteiger partial charge in [0.2, 0.25) is 0 Å². The molecule has 0 aromatic heterocycles. The van der Waals surface area contributed by atoms with Gasteiger partial charge in [0.05, 0.1) is 6.61 Å². The summed E-state index contributed by atoms with van der Waals surface area (Å²) in [5.41, 5.74) is 6.97. The van der Waals surface area contributed by atoms with E-state index in [0.29, 0.717) is 19.8 Å². The molecule has 0 aliphatic heterocycles. The lowest BCUT2D eigenvalue weighted by Crippen LogP contribution is -2.30. The van der Waals surface area contributed by atoms with Crippen LogP contribution in [0.15, 0.2) is 54.6 Å². The fourth-order valence-electron chi connectivity index (χ4n) is 2.52. The van der Waals surface area contributed by atoms with Crippen LogP contribution < -0.4 is 15.2 Å². The van der Waals surface area contributed by atoms with Crippen LogP contribution in [-0.2, 0) is 6.54 Å². The zero-order valence-electron chi connectivity index (χ0n) is 14.5. The monoisotopic (exact) mass is 328 g/mol. The second kappa shape index (κ2) is 10.7. The molecule has 2 aromatic rings. The number of hydrogen-bond acceptors (Lipinski definition) is 4. The van der Waals surface area contributed by atoms with Gasteiger partial charge in [-0.05, 0) is 56.3 Å². The Bertz CT molecular complexity index is 558. The molecule has 0 atom stereocenters. The third kappa shape index (κ3) is 6.60. The maximum atomic E-state index is 5.86. The molecule has 0 amide bonds. The van der Waals surface area contributed by atoms with Crippen LogP contribution in [0.1, 0.15) is 18.9 Å². The Morgan fingerprint density at radius 1 is 0.875 bits per heavy atom. The first-order valence-electron chi connectivity index (χ1n) is 8.64. The molecule has 4 nitrogen and oxygen atoms in total.